The van der Waals surface area contributed by atoms with Crippen LogP contribution in [0.5, 0.6) is 0 Å². The van der Waals surface area contributed by atoms with Crippen molar-refractivity contribution in [2.24, 2.45) is 0 Å². The molecule has 0 unspecified atom stereocenters. The molecule has 3 N–H and O–H groups in total. The second-order valence-corrected chi connectivity index (χ2v) is 8.29. The van der Waals surface area contributed by atoms with Gasteiger partial charge in [0.25, 0.3) is 0 Å². The van der Waals surface area contributed by atoms with E-state index in [2.05, 4.69) is 5.32 Å². The molecule has 0 bridgehead atoms. The van der Waals surface area contributed by atoms with Crippen molar-refractivity contribution in [1.82, 2.24) is 9.88 Å². The molecular formula is C17H18FN3O6S. The Hall–Kier alpha value is -2.50. The number of anilines is 1. The van der Waals surface area contributed by atoms with Crippen LogP contribution in [0.2, 0.25) is 0 Å². The molecule has 0 atom stereocenters. The Morgan fingerprint density at radius 1 is 1.21 bits per heavy atom. The third-order valence-electron chi connectivity index (χ3n) is 5.06. The van der Waals surface area contributed by atoms with E-state index in [1.165, 1.54) is 6.07 Å². The Bertz CT molecular complexity index is 1150. The normalized spacial score (nSPS) is 17.9. The molecule has 2 aromatic rings. The quantitative estimate of drug-likeness (QED) is 0.631. The molecule has 0 amide bonds. The molecule has 28 heavy (non-hydrogen) atoms. The van der Waals surface area contributed by atoms with Crippen LogP contribution in [0.25, 0.3) is 10.9 Å². The van der Waals surface area contributed by atoms with Crippen molar-refractivity contribution < 1.29 is 27.3 Å². The summed E-state index contributed by atoms with van der Waals surface area (Å²) in [5.41, 5.74) is -1.92. The van der Waals surface area contributed by atoms with Crippen LogP contribution in [0.3, 0.4) is 0 Å². The number of nitrogens with one attached hydrogen (secondary N) is 1. The molecule has 11 heteroatoms. The first-order valence-electron chi connectivity index (χ1n) is 8.78. The minimum Gasteiger partial charge on any atom is -0.477 e. The third kappa shape index (κ3) is 3.05. The van der Waals surface area contributed by atoms with Gasteiger partial charge < -0.3 is 19.9 Å². The van der Waals surface area contributed by atoms with Gasteiger partial charge >= 0.3 is 16.1 Å². The number of carboxylic acids is 1. The van der Waals surface area contributed by atoms with Crippen molar-refractivity contribution in [3.8, 4) is 0 Å². The fourth-order valence-electron chi connectivity index (χ4n) is 3.68. The smallest absolute Gasteiger partial charge is 0.342 e. The Morgan fingerprint density at radius 3 is 2.39 bits per heavy atom. The minimum absolute atomic E-state index is 0.0973. The Balaban J connectivity index is 2.11. The number of nitrogens with zero attached hydrogens (tertiary/aromatic N) is 2. The number of fused-ring (bicyclic) bond motifs is 1. The van der Waals surface area contributed by atoms with Crippen LogP contribution < -0.4 is 15.6 Å². The van der Waals surface area contributed by atoms with Crippen LogP contribution in [-0.2, 0) is 10.1 Å². The highest BCUT2D eigenvalue weighted by Gasteiger charge is 2.36. The average molecular weight is 411 g/mol. The number of pyridine rings is 1. The van der Waals surface area contributed by atoms with Crippen molar-refractivity contribution in [2.45, 2.75) is 23.9 Å². The van der Waals surface area contributed by atoms with E-state index in [4.69, 9.17) is 0 Å². The van der Waals surface area contributed by atoms with Crippen LogP contribution >= 0.6 is 0 Å². The number of carboxylic acid groups (broad SMARTS) is 1. The lowest BCUT2D eigenvalue weighted by molar-refractivity contribution is 0.0689. The predicted molar refractivity (Wildman–Crippen MR) is 98.3 cm³/mol. The summed E-state index contributed by atoms with van der Waals surface area (Å²) in [6.45, 7) is 2.32. The summed E-state index contributed by atoms with van der Waals surface area (Å²) < 4.78 is 49.6. The molecule has 4 rings (SSSR count). The predicted octanol–water partition coefficient (Wildman–Crippen LogP) is 0.830. The number of aromatic nitrogens is 1. The van der Waals surface area contributed by atoms with Crippen molar-refractivity contribution in [2.75, 3.05) is 31.1 Å². The standard InChI is InChI=1S/C17H18FN3O6S/c18-11-7-10-12(8-13(11)20-5-3-19-4-6-20)21(9-1-2-9)16(28(25,26)27)14(15(10)22)17(23)24/h7-9,19H,1-6H2,(H,23,24)(H,25,26,27). The Kier molecular flexibility index (Phi) is 4.40. The third-order valence-corrected chi connectivity index (χ3v) is 5.95. The number of carbonyl (C=O) groups is 1. The van der Waals surface area contributed by atoms with Crippen LogP contribution in [0.15, 0.2) is 22.0 Å². The zero-order chi connectivity index (χ0) is 20.2. The van der Waals surface area contributed by atoms with Gasteiger partial charge in [-0.15, -0.1) is 0 Å². The summed E-state index contributed by atoms with van der Waals surface area (Å²) in [5, 5.41) is 11.4. The number of hydrogen-bond donors (Lipinski definition) is 3. The van der Waals surface area contributed by atoms with Gasteiger partial charge in [0.2, 0.25) is 5.43 Å². The number of benzene rings is 1. The summed E-state index contributed by atoms with van der Waals surface area (Å²) in [4.78, 5) is 26.1. The molecule has 150 valence electrons. The van der Waals surface area contributed by atoms with Gasteiger partial charge in [-0.2, -0.15) is 8.42 Å². The first-order valence-corrected chi connectivity index (χ1v) is 10.2. The van der Waals surface area contributed by atoms with Gasteiger partial charge in [0, 0.05) is 37.6 Å². The Morgan fingerprint density at radius 2 is 1.86 bits per heavy atom. The second kappa shape index (κ2) is 6.54. The number of aromatic carboxylic acids is 1. The van der Waals surface area contributed by atoms with E-state index in [-0.39, 0.29) is 22.6 Å². The Labute approximate surface area is 159 Å². The molecule has 1 aliphatic carbocycles. The van der Waals surface area contributed by atoms with Crippen LogP contribution in [0.4, 0.5) is 10.1 Å². The lowest BCUT2D eigenvalue weighted by Crippen LogP contribution is -2.44. The largest absolute Gasteiger partial charge is 0.477 e. The van der Waals surface area contributed by atoms with E-state index in [9.17, 15) is 32.1 Å². The molecule has 0 radical (unpaired) electrons. The highest BCUT2D eigenvalue weighted by atomic mass is 32.2. The maximum absolute atomic E-state index is 14.8. The maximum atomic E-state index is 14.8. The van der Waals surface area contributed by atoms with E-state index in [1.807, 2.05) is 0 Å². The first kappa shape index (κ1) is 18.8. The average Bonchev–Trinajstić information content (AvgIpc) is 3.46. The van der Waals surface area contributed by atoms with Crippen LogP contribution in [0.1, 0.15) is 29.2 Å². The summed E-state index contributed by atoms with van der Waals surface area (Å²) in [6.07, 6.45) is 1.11. The number of hydrogen-bond acceptors (Lipinski definition) is 6. The lowest BCUT2D eigenvalue weighted by atomic mass is 10.1. The van der Waals surface area contributed by atoms with E-state index in [1.54, 1.807) is 4.90 Å². The van der Waals surface area contributed by atoms with Crippen molar-refractivity contribution >= 4 is 32.7 Å². The molecule has 2 aliphatic rings. The molecule has 2 fully saturated rings. The fourth-order valence-corrected chi connectivity index (χ4v) is 4.61. The van der Waals surface area contributed by atoms with E-state index >= 15 is 0 Å². The summed E-state index contributed by atoms with van der Waals surface area (Å²) in [7, 11) is -5.01. The van der Waals surface area contributed by atoms with Gasteiger partial charge in [0.05, 0.1) is 11.2 Å². The summed E-state index contributed by atoms with van der Waals surface area (Å²) in [5.74, 6) is -2.48. The second-order valence-electron chi connectivity index (χ2n) is 6.95. The molecule has 1 aromatic heterocycles. The number of piperazine rings is 1. The van der Waals surface area contributed by atoms with Crippen molar-refractivity contribution in [3.05, 3.63) is 33.7 Å². The van der Waals surface area contributed by atoms with E-state index in [0.29, 0.717) is 39.0 Å². The van der Waals surface area contributed by atoms with Crippen LogP contribution in [0, 0.1) is 5.82 Å². The number of rotatable bonds is 4. The zero-order valence-electron chi connectivity index (χ0n) is 14.7. The summed E-state index contributed by atoms with van der Waals surface area (Å²) >= 11 is 0. The van der Waals surface area contributed by atoms with Gasteiger partial charge in [0.15, 0.2) is 5.03 Å². The highest BCUT2D eigenvalue weighted by Crippen LogP contribution is 2.41. The van der Waals surface area contributed by atoms with Crippen LogP contribution in [-0.4, -0.2) is 54.8 Å². The molecule has 1 saturated heterocycles. The SMILES string of the molecule is O=C(O)c1c(S(=O)(=O)O)n(C2CC2)c2cc(N3CCNCC3)c(F)cc2c1=O. The molecular weight excluding hydrogens is 393 g/mol. The summed E-state index contributed by atoms with van der Waals surface area (Å²) in [6, 6.07) is 1.93. The zero-order valence-corrected chi connectivity index (χ0v) is 15.5. The molecule has 1 saturated carbocycles. The lowest BCUT2D eigenvalue weighted by Gasteiger charge is -2.30. The monoisotopic (exact) mass is 411 g/mol. The van der Waals surface area contributed by atoms with E-state index < -0.39 is 37.9 Å². The highest BCUT2D eigenvalue weighted by molar-refractivity contribution is 7.85. The number of halogens is 1. The first-order chi connectivity index (χ1) is 13.2. The molecule has 9 nitrogen and oxygen atoms in total. The van der Waals surface area contributed by atoms with Gasteiger partial charge in [-0.25, -0.2) is 9.18 Å². The molecule has 1 aliphatic heterocycles. The minimum atomic E-state index is -5.01. The fraction of sp³-hybridized carbons (Fsp3) is 0.412. The van der Waals surface area contributed by atoms with Gasteiger partial charge in [-0.3, -0.25) is 9.35 Å². The van der Waals surface area contributed by atoms with E-state index in [0.717, 1.165) is 10.6 Å². The van der Waals surface area contributed by atoms with Gasteiger partial charge in [0.1, 0.15) is 11.4 Å². The molecule has 2 heterocycles. The van der Waals surface area contributed by atoms with Crippen molar-refractivity contribution in [1.29, 1.82) is 0 Å². The molecule has 1 aromatic carbocycles. The topological polar surface area (TPSA) is 129 Å². The van der Waals surface area contributed by atoms with Gasteiger partial charge in [-0.05, 0) is 25.0 Å². The van der Waals surface area contributed by atoms with Crippen molar-refractivity contribution in [3.63, 3.8) is 0 Å². The maximum Gasteiger partial charge on any atom is 0.342 e. The van der Waals surface area contributed by atoms with Gasteiger partial charge in [-0.1, -0.05) is 0 Å². The molecule has 0 spiro atoms.